The van der Waals surface area contributed by atoms with E-state index >= 15 is 0 Å². The Balaban J connectivity index is 2.01. The van der Waals surface area contributed by atoms with Gasteiger partial charge in [-0.1, -0.05) is 25.5 Å². The van der Waals surface area contributed by atoms with Crippen LogP contribution in [0.2, 0.25) is 0 Å². The molecule has 1 N–H and O–H groups in total. The van der Waals surface area contributed by atoms with Gasteiger partial charge in [-0.2, -0.15) is 11.8 Å². The van der Waals surface area contributed by atoms with E-state index in [1.54, 1.807) is 0 Å². The summed E-state index contributed by atoms with van der Waals surface area (Å²) in [7, 11) is 2.07. The third-order valence-corrected chi connectivity index (χ3v) is 5.07. The Morgan fingerprint density at radius 1 is 1.32 bits per heavy atom. The second kappa shape index (κ2) is 7.81. The van der Waals surface area contributed by atoms with Gasteiger partial charge in [-0.15, -0.1) is 0 Å². The number of rotatable bonds is 6. The van der Waals surface area contributed by atoms with Gasteiger partial charge < -0.3 is 10.1 Å². The molecule has 2 unspecified atom stereocenters. The van der Waals surface area contributed by atoms with Crippen LogP contribution in [0.25, 0.3) is 0 Å². The number of hydrogen-bond donors (Lipinski definition) is 1. The van der Waals surface area contributed by atoms with E-state index in [1.165, 1.54) is 30.6 Å². The zero-order valence-electron chi connectivity index (χ0n) is 12.0. The van der Waals surface area contributed by atoms with Crippen molar-refractivity contribution in [1.29, 1.82) is 0 Å². The Morgan fingerprint density at radius 2 is 2.11 bits per heavy atom. The van der Waals surface area contributed by atoms with Crippen molar-refractivity contribution in [2.24, 2.45) is 0 Å². The number of ether oxygens (including phenoxy) is 1. The molecule has 0 aromatic heterocycles. The van der Waals surface area contributed by atoms with Crippen LogP contribution >= 0.6 is 11.8 Å². The molecule has 0 bridgehead atoms. The van der Waals surface area contributed by atoms with Gasteiger partial charge >= 0.3 is 0 Å². The summed E-state index contributed by atoms with van der Waals surface area (Å²) in [5.41, 5.74) is 1.38. The zero-order valence-corrected chi connectivity index (χ0v) is 12.8. The van der Waals surface area contributed by atoms with E-state index in [9.17, 15) is 0 Å². The third-order valence-electron chi connectivity index (χ3n) is 3.61. The molecule has 1 aromatic rings. The maximum Gasteiger partial charge on any atom is 0.119 e. The summed E-state index contributed by atoms with van der Waals surface area (Å²) in [6, 6.07) is 9.08. The molecule has 2 nitrogen and oxygen atoms in total. The standard InChI is InChI=1S/C16H25NOS/c1-3-11-18-14-9-7-13(8-10-14)16(17-2)15-6-4-5-12-19-15/h7-10,15-17H,3-6,11-12H2,1-2H3. The maximum absolute atomic E-state index is 5.64. The van der Waals surface area contributed by atoms with E-state index in [0.717, 1.165) is 18.8 Å². The summed E-state index contributed by atoms with van der Waals surface area (Å²) < 4.78 is 5.64. The lowest BCUT2D eigenvalue weighted by atomic mass is 9.99. The van der Waals surface area contributed by atoms with Crippen LogP contribution in [0.15, 0.2) is 24.3 Å². The highest BCUT2D eigenvalue weighted by Gasteiger charge is 2.24. The SMILES string of the molecule is CCCOc1ccc(C(NC)C2CCCCS2)cc1. The summed E-state index contributed by atoms with van der Waals surface area (Å²) in [6.07, 6.45) is 5.12. The molecule has 0 amide bonds. The molecule has 2 rings (SSSR count). The minimum absolute atomic E-state index is 0.463. The van der Waals surface area contributed by atoms with Crippen molar-refractivity contribution in [1.82, 2.24) is 5.32 Å². The first-order chi connectivity index (χ1) is 9.35. The van der Waals surface area contributed by atoms with Crippen molar-refractivity contribution in [3.63, 3.8) is 0 Å². The molecule has 2 atom stereocenters. The quantitative estimate of drug-likeness (QED) is 0.849. The second-order valence-electron chi connectivity index (χ2n) is 5.09. The molecule has 3 heteroatoms. The number of nitrogens with one attached hydrogen (secondary N) is 1. The highest BCUT2D eigenvalue weighted by Crippen LogP contribution is 2.35. The van der Waals surface area contributed by atoms with Crippen LogP contribution in [-0.4, -0.2) is 24.7 Å². The van der Waals surface area contributed by atoms with Crippen LogP contribution < -0.4 is 10.1 Å². The van der Waals surface area contributed by atoms with E-state index in [4.69, 9.17) is 4.74 Å². The van der Waals surface area contributed by atoms with E-state index in [2.05, 4.69) is 55.3 Å². The van der Waals surface area contributed by atoms with Gasteiger partial charge in [0, 0.05) is 11.3 Å². The predicted octanol–water partition coefficient (Wildman–Crippen LogP) is 4.02. The minimum atomic E-state index is 0.463. The summed E-state index contributed by atoms with van der Waals surface area (Å²) in [6.45, 7) is 2.93. The molecule has 1 heterocycles. The molecule has 0 aliphatic carbocycles. The summed E-state index contributed by atoms with van der Waals surface area (Å²) in [5.74, 6) is 2.29. The monoisotopic (exact) mass is 279 g/mol. The molecule has 1 aliphatic rings. The fourth-order valence-corrected chi connectivity index (χ4v) is 4.08. The average molecular weight is 279 g/mol. The van der Waals surface area contributed by atoms with Crippen LogP contribution in [0.3, 0.4) is 0 Å². The van der Waals surface area contributed by atoms with Crippen molar-refractivity contribution >= 4 is 11.8 Å². The summed E-state index contributed by atoms with van der Waals surface area (Å²) >= 11 is 2.12. The van der Waals surface area contributed by atoms with Crippen LogP contribution in [0.1, 0.15) is 44.2 Å². The fraction of sp³-hybridized carbons (Fsp3) is 0.625. The van der Waals surface area contributed by atoms with Crippen LogP contribution in [-0.2, 0) is 0 Å². The van der Waals surface area contributed by atoms with E-state index in [-0.39, 0.29) is 0 Å². The van der Waals surface area contributed by atoms with E-state index in [1.807, 2.05) is 0 Å². The minimum Gasteiger partial charge on any atom is -0.494 e. The predicted molar refractivity (Wildman–Crippen MR) is 84.1 cm³/mol. The molecule has 106 valence electrons. The van der Waals surface area contributed by atoms with Gasteiger partial charge in [0.15, 0.2) is 0 Å². The Morgan fingerprint density at radius 3 is 2.68 bits per heavy atom. The van der Waals surface area contributed by atoms with Gasteiger partial charge in [0.25, 0.3) is 0 Å². The molecular formula is C16H25NOS. The van der Waals surface area contributed by atoms with Gasteiger partial charge in [0.2, 0.25) is 0 Å². The lowest BCUT2D eigenvalue weighted by molar-refractivity contribution is 0.317. The molecule has 1 fully saturated rings. The van der Waals surface area contributed by atoms with Gasteiger partial charge in [0.1, 0.15) is 5.75 Å². The first kappa shape index (κ1) is 14.7. The largest absolute Gasteiger partial charge is 0.494 e. The zero-order chi connectivity index (χ0) is 13.5. The highest BCUT2D eigenvalue weighted by atomic mass is 32.2. The van der Waals surface area contributed by atoms with Gasteiger partial charge in [-0.25, -0.2) is 0 Å². The van der Waals surface area contributed by atoms with E-state index in [0.29, 0.717) is 11.3 Å². The summed E-state index contributed by atoms with van der Waals surface area (Å²) in [4.78, 5) is 0. The Kier molecular flexibility index (Phi) is 6.05. The fourth-order valence-electron chi connectivity index (χ4n) is 2.59. The normalized spacial score (nSPS) is 21.1. The van der Waals surface area contributed by atoms with Gasteiger partial charge in [-0.05, 0) is 49.8 Å². The lowest BCUT2D eigenvalue weighted by Gasteiger charge is -2.30. The number of benzene rings is 1. The van der Waals surface area contributed by atoms with Gasteiger partial charge in [-0.3, -0.25) is 0 Å². The lowest BCUT2D eigenvalue weighted by Crippen LogP contribution is -2.29. The molecular weight excluding hydrogens is 254 g/mol. The van der Waals surface area contributed by atoms with Gasteiger partial charge in [0.05, 0.1) is 6.61 Å². The van der Waals surface area contributed by atoms with E-state index < -0.39 is 0 Å². The van der Waals surface area contributed by atoms with Crippen molar-refractivity contribution in [3.05, 3.63) is 29.8 Å². The molecule has 0 saturated carbocycles. The first-order valence-corrected chi connectivity index (χ1v) is 8.41. The maximum atomic E-state index is 5.64. The van der Waals surface area contributed by atoms with Crippen molar-refractivity contribution < 1.29 is 4.74 Å². The number of thioether (sulfide) groups is 1. The molecule has 0 radical (unpaired) electrons. The van der Waals surface area contributed by atoms with Crippen molar-refractivity contribution in [2.75, 3.05) is 19.4 Å². The Hall–Kier alpha value is -0.670. The molecule has 0 spiro atoms. The van der Waals surface area contributed by atoms with Crippen molar-refractivity contribution in [3.8, 4) is 5.75 Å². The Labute approximate surface area is 121 Å². The summed E-state index contributed by atoms with van der Waals surface area (Å²) in [5, 5.41) is 4.20. The number of hydrogen-bond acceptors (Lipinski definition) is 3. The molecule has 1 aliphatic heterocycles. The van der Waals surface area contributed by atoms with Crippen LogP contribution in [0, 0.1) is 0 Å². The van der Waals surface area contributed by atoms with Crippen LogP contribution in [0.4, 0.5) is 0 Å². The first-order valence-electron chi connectivity index (χ1n) is 7.36. The molecule has 1 saturated heterocycles. The average Bonchev–Trinajstić information content (AvgIpc) is 2.48. The molecule has 1 aromatic carbocycles. The third kappa shape index (κ3) is 4.15. The van der Waals surface area contributed by atoms with Crippen molar-refractivity contribution in [2.45, 2.75) is 43.9 Å². The smallest absolute Gasteiger partial charge is 0.119 e. The molecule has 19 heavy (non-hydrogen) atoms. The highest BCUT2D eigenvalue weighted by molar-refractivity contribution is 8.00. The Bertz CT molecular complexity index is 360. The topological polar surface area (TPSA) is 21.3 Å². The van der Waals surface area contributed by atoms with Crippen LogP contribution in [0.5, 0.6) is 5.75 Å². The second-order valence-corrected chi connectivity index (χ2v) is 6.44.